The van der Waals surface area contributed by atoms with Crippen molar-refractivity contribution in [3.63, 3.8) is 0 Å². The van der Waals surface area contributed by atoms with Crippen LogP contribution in [0.2, 0.25) is 0 Å². The Balaban J connectivity index is 2.13. The van der Waals surface area contributed by atoms with Crippen molar-refractivity contribution in [2.45, 2.75) is 33.1 Å². The number of nitrogens with zero attached hydrogens (tertiary/aromatic N) is 1. The molecule has 5 heteroatoms. The SMILES string of the molecule is CC(C)C1CCCN(CCNCCS(C)(=O)=O)CC1. The van der Waals surface area contributed by atoms with Crippen LogP contribution in [-0.4, -0.2) is 58.1 Å². The maximum atomic E-state index is 11.0. The van der Waals surface area contributed by atoms with Crippen molar-refractivity contribution in [2.75, 3.05) is 44.7 Å². The van der Waals surface area contributed by atoms with Crippen molar-refractivity contribution >= 4 is 9.84 Å². The summed E-state index contributed by atoms with van der Waals surface area (Å²) in [7, 11) is -2.83. The molecule has 1 aliphatic heterocycles. The van der Waals surface area contributed by atoms with Crippen LogP contribution in [0.25, 0.3) is 0 Å². The van der Waals surface area contributed by atoms with Gasteiger partial charge in [0.2, 0.25) is 0 Å². The molecular weight excluding hydrogens is 260 g/mol. The summed E-state index contributed by atoms with van der Waals surface area (Å²) in [5.74, 6) is 1.92. The largest absolute Gasteiger partial charge is 0.314 e. The monoisotopic (exact) mass is 290 g/mol. The minimum absolute atomic E-state index is 0.239. The van der Waals surface area contributed by atoms with Gasteiger partial charge in [0.1, 0.15) is 9.84 Å². The van der Waals surface area contributed by atoms with Gasteiger partial charge in [0, 0.05) is 25.9 Å². The van der Waals surface area contributed by atoms with Gasteiger partial charge in [-0.05, 0) is 44.2 Å². The fourth-order valence-corrected chi connectivity index (χ4v) is 3.21. The molecule has 19 heavy (non-hydrogen) atoms. The Morgan fingerprint density at radius 1 is 1.21 bits per heavy atom. The Kier molecular flexibility index (Phi) is 7.32. The molecule has 1 rings (SSSR count). The van der Waals surface area contributed by atoms with Crippen LogP contribution in [0.15, 0.2) is 0 Å². The highest BCUT2D eigenvalue weighted by Crippen LogP contribution is 2.24. The first kappa shape index (κ1) is 16.9. The highest BCUT2D eigenvalue weighted by molar-refractivity contribution is 7.90. The highest BCUT2D eigenvalue weighted by Gasteiger charge is 2.18. The van der Waals surface area contributed by atoms with E-state index in [0.717, 1.165) is 24.9 Å². The van der Waals surface area contributed by atoms with Crippen LogP contribution in [0.3, 0.4) is 0 Å². The van der Waals surface area contributed by atoms with Gasteiger partial charge in [-0.2, -0.15) is 0 Å². The van der Waals surface area contributed by atoms with Crippen molar-refractivity contribution in [3.05, 3.63) is 0 Å². The van der Waals surface area contributed by atoms with E-state index < -0.39 is 9.84 Å². The van der Waals surface area contributed by atoms with E-state index in [9.17, 15) is 8.42 Å². The van der Waals surface area contributed by atoms with Crippen LogP contribution in [0.5, 0.6) is 0 Å². The molecule has 1 unspecified atom stereocenters. The van der Waals surface area contributed by atoms with Gasteiger partial charge in [-0.1, -0.05) is 13.8 Å². The molecular formula is C14H30N2O2S. The molecule has 0 saturated carbocycles. The minimum atomic E-state index is -2.83. The van der Waals surface area contributed by atoms with E-state index in [1.807, 2.05) is 0 Å². The molecule has 0 bridgehead atoms. The van der Waals surface area contributed by atoms with Gasteiger partial charge in [0.25, 0.3) is 0 Å². The van der Waals surface area contributed by atoms with E-state index in [1.165, 1.54) is 38.6 Å². The standard InChI is InChI=1S/C14H30N2O2S/c1-13(2)14-5-4-9-16(10-6-14)11-7-15-8-12-19(3,17)18/h13-15H,4-12H2,1-3H3. The molecule has 0 aromatic heterocycles. The lowest BCUT2D eigenvalue weighted by Crippen LogP contribution is -2.34. The number of likely N-dealkylation sites (tertiary alicyclic amines) is 1. The van der Waals surface area contributed by atoms with E-state index in [-0.39, 0.29) is 5.75 Å². The molecule has 1 heterocycles. The lowest BCUT2D eigenvalue weighted by molar-refractivity contribution is 0.272. The zero-order chi connectivity index (χ0) is 14.3. The molecule has 0 aromatic carbocycles. The molecule has 1 N–H and O–H groups in total. The Bertz CT molecular complexity index is 341. The highest BCUT2D eigenvalue weighted by atomic mass is 32.2. The fourth-order valence-electron chi connectivity index (χ4n) is 2.69. The van der Waals surface area contributed by atoms with Crippen molar-refractivity contribution in [2.24, 2.45) is 11.8 Å². The number of hydrogen-bond acceptors (Lipinski definition) is 4. The fraction of sp³-hybridized carbons (Fsp3) is 1.00. The van der Waals surface area contributed by atoms with Gasteiger partial charge in [0.15, 0.2) is 0 Å². The smallest absolute Gasteiger partial charge is 0.148 e. The summed E-state index contributed by atoms with van der Waals surface area (Å²) >= 11 is 0. The summed E-state index contributed by atoms with van der Waals surface area (Å²) in [4.78, 5) is 2.51. The number of hydrogen-bond donors (Lipinski definition) is 1. The third-order valence-corrected chi connectivity index (χ3v) is 5.01. The molecule has 0 amide bonds. The Morgan fingerprint density at radius 2 is 1.95 bits per heavy atom. The second-order valence-electron chi connectivity index (χ2n) is 6.16. The normalized spacial score (nSPS) is 22.6. The first-order valence-corrected chi connectivity index (χ1v) is 9.55. The van der Waals surface area contributed by atoms with Gasteiger partial charge >= 0.3 is 0 Å². The Labute approximate surface area is 118 Å². The predicted molar refractivity (Wildman–Crippen MR) is 81.2 cm³/mol. The molecule has 0 spiro atoms. The van der Waals surface area contributed by atoms with Gasteiger partial charge in [-0.15, -0.1) is 0 Å². The molecule has 1 atom stereocenters. The zero-order valence-corrected chi connectivity index (χ0v) is 13.5. The zero-order valence-electron chi connectivity index (χ0n) is 12.7. The van der Waals surface area contributed by atoms with Crippen molar-refractivity contribution in [1.82, 2.24) is 10.2 Å². The van der Waals surface area contributed by atoms with Crippen LogP contribution < -0.4 is 5.32 Å². The molecule has 1 fully saturated rings. The molecule has 0 aliphatic carbocycles. The topological polar surface area (TPSA) is 49.4 Å². The Hall–Kier alpha value is -0.130. The Morgan fingerprint density at radius 3 is 2.58 bits per heavy atom. The predicted octanol–water partition coefficient (Wildman–Crippen LogP) is 1.38. The summed E-state index contributed by atoms with van der Waals surface area (Å²) in [6.45, 7) is 9.53. The third kappa shape index (κ3) is 7.90. The number of sulfone groups is 1. The van der Waals surface area contributed by atoms with E-state index >= 15 is 0 Å². The van der Waals surface area contributed by atoms with Crippen LogP contribution in [0, 0.1) is 11.8 Å². The second-order valence-corrected chi connectivity index (χ2v) is 8.42. The number of rotatable bonds is 7. The van der Waals surface area contributed by atoms with Gasteiger partial charge < -0.3 is 10.2 Å². The van der Waals surface area contributed by atoms with Gasteiger partial charge in [0.05, 0.1) is 5.75 Å². The maximum Gasteiger partial charge on any atom is 0.148 e. The first-order valence-electron chi connectivity index (χ1n) is 7.49. The first-order chi connectivity index (χ1) is 8.88. The average molecular weight is 290 g/mol. The van der Waals surface area contributed by atoms with Gasteiger partial charge in [-0.25, -0.2) is 8.42 Å². The minimum Gasteiger partial charge on any atom is -0.314 e. The van der Waals surface area contributed by atoms with Crippen molar-refractivity contribution < 1.29 is 8.42 Å². The summed E-state index contributed by atoms with van der Waals surface area (Å²) in [6, 6.07) is 0. The van der Waals surface area contributed by atoms with Gasteiger partial charge in [-0.3, -0.25) is 0 Å². The maximum absolute atomic E-state index is 11.0. The van der Waals surface area contributed by atoms with Crippen LogP contribution >= 0.6 is 0 Å². The molecule has 0 radical (unpaired) electrons. The molecule has 4 nitrogen and oxygen atoms in total. The lowest BCUT2D eigenvalue weighted by atomic mass is 9.89. The summed E-state index contributed by atoms with van der Waals surface area (Å²) in [6.07, 6.45) is 5.25. The lowest BCUT2D eigenvalue weighted by Gasteiger charge is -2.21. The van der Waals surface area contributed by atoms with Crippen LogP contribution in [0.4, 0.5) is 0 Å². The summed E-state index contributed by atoms with van der Waals surface area (Å²) in [5.41, 5.74) is 0. The van der Waals surface area contributed by atoms with Crippen molar-refractivity contribution in [3.8, 4) is 0 Å². The molecule has 1 saturated heterocycles. The molecule has 1 aliphatic rings. The van der Waals surface area contributed by atoms with Crippen LogP contribution in [-0.2, 0) is 9.84 Å². The third-order valence-electron chi connectivity index (χ3n) is 4.06. The van der Waals surface area contributed by atoms with Crippen molar-refractivity contribution in [1.29, 1.82) is 0 Å². The summed E-state index contributed by atoms with van der Waals surface area (Å²) < 4.78 is 22.0. The van der Waals surface area contributed by atoms with E-state index in [4.69, 9.17) is 0 Å². The number of nitrogens with one attached hydrogen (secondary N) is 1. The molecule has 0 aromatic rings. The van der Waals surface area contributed by atoms with E-state index in [0.29, 0.717) is 6.54 Å². The van der Waals surface area contributed by atoms with Crippen LogP contribution in [0.1, 0.15) is 33.1 Å². The average Bonchev–Trinajstić information content (AvgIpc) is 2.52. The van der Waals surface area contributed by atoms with E-state index in [2.05, 4.69) is 24.1 Å². The molecule has 114 valence electrons. The van der Waals surface area contributed by atoms with E-state index in [1.54, 1.807) is 0 Å². The summed E-state index contributed by atoms with van der Waals surface area (Å²) in [5, 5.41) is 3.22. The second kappa shape index (κ2) is 8.22. The quantitative estimate of drug-likeness (QED) is 0.720.